The number of hydrogen-bond donors (Lipinski definition) is 2. The van der Waals surface area contributed by atoms with Crippen molar-refractivity contribution in [3.8, 4) is 0 Å². The number of carboxylic acids is 1. The molecule has 1 fully saturated rings. The molecule has 1 aliphatic rings. The van der Waals surface area contributed by atoms with Crippen LogP contribution in [0.3, 0.4) is 0 Å². The fraction of sp³-hybridized carbons (Fsp3) is 0.462. The first kappa shape index (κ1) is 15.3. The van der Waals surface area contributed by atoms with Gasteiger partial charge in [0.05, 0.1) is 18.6 Å². The third-order valence-electron chi connectivity index (χ3n) is 3.36. The van der Waals surface area contributed by atoms with Crippen molar-refractivity contribution < 1.29 is 24.2 Å². The van der Waals surface area contributed by atoms with Gasteiger partial charge in [-0.3, -0.25) is 10.1 Å². The summed E-state index contributed by atoms with van der Waals surface area (Å²) in [5.74, 6) is -1.73. The molecule has 21 heavy (non-hydrogen) atoms. The Morgan fingerprint density at radius 1 is 1.48 bits per heavy atom. The van der Waals surface area contributed by atoms with E-state index in [1.54, 1.807) is 5.38 Å². The van der Waals surface area contributed by atoms with Crippen LogP contribution in [0.4, 0.5) is 9.80 Å². The van der Waals surface area contributed by atoms with E-state index in [0.29, 0.717) is 24.4 Å². The van der Waals surface area contributed by atoms with Crippen molar-refractivity contribution in [3.05, 3.63) is 17.0 Å². The van der Waals surface area contributed by atoms with Crippen LogP contribution in [0, 0.1) is 5.92 Å². The van der Waals surface area contributed by atoms with Crippen molar-refractivity contribution in [2.24, 2.45) is 5.92 Å². The maximum absolute atomic E-state index is 12.2. The lowest BCUT2D eigenvalue weighted by Crippen LogP contribution is -2.44. The summed E-state index contributed by atoms with van der Waals surface area (Å²) in [5, 5.41) is 13.5. The fourth-order valence-corrected chi connectivity index (χ4v) is 3.04. The predicted octanol–water partition coefficient (Wildman–Crippen LogP) is 1.86. The van der Waals surface area contributed by atoms with Gasteiger partial charge in [-0.25, -0.2) is 9.59 Å². The molecule has 1 aromatic heterocycles. The van der Waals surface area contributed by atoms with Gasteiger partial charge in [0, 0.05) is 13.1 Å². The minimum atomic E-state index is -1.09. The number of rotatable bonds is 3. The van der Waals surface area contributed by atoms with Gasteiger partial charge in [-0.2, -0.15) is 0 Å². The van der Waals surface area contributed by atoms with Gasteiger partial charge in [-0.05, 0) is 24.3 Å². The Kier molecular flexibility index (Phi) is 4.79. The maximum atomic E-state index is 12.2. The lowest BCUT2D eigenvalue weighted by molar-refractivity contribution is -0.146. The van der Waals surface area contributed by atoms with E-state index >= 15 is 0 Å². The van der Waals surface area contributed by atoms with Crippen LogP contribution in [0.25, 0.3) is 0 Å². The summed E-state index contributed by atoms with van der Waals surface area (Å²) in [6.07, 6.45) is 1.40. The van der Waals surface area contributed by atoms with Gasteiger partial charge in [0.2, 0.25) is 0 Å². The van der Waals surface area contributed by atoms with Gasteiger partial charge >= 0.3 is 18.0 Å². The van der Waals surface area contributed by atoms with Crippen LogP contribution >= 0.6 is 11.3 Å². The van der Waals surface area contributed by atoms with Gasteiger partial charge in [-0.1, -0.05) is 0 Å². The molecular formula is C13H16N2O5S. The number of carboxylic acid groups (broad SMARTS) is 1. The van der Waals surface area contributed by atoms with Crippen LogP contribution in [0.5, 0.6) is 0 Å². The number of aromatic carboxylic acids is 1. The molecule has 2 heterocycles. The van der Waals surface area contributed by atoms with Crippen LogP contribution in [0.15, 0.2) is 11.4 Å². The fourth-order valence-electron chi connectivity index (χ4n) is 2.27. The highest BCUT2D eigenvalue weighted by molar-refractivity contribution is 7.14. The van der Waals surface area contributed by atoms with Crippen LogP contribution in [-0.4, -0.2) is 48.2 Å². The normalized spacial score (nSPS) is 18.1. The highest BCUT2D eigenvalue weighted by Crippen LogP contribution is 2.25. The topological polar surface area (TPSA) is 95.9 Å². The second-order valence-electron chi connectivity index (χ2n) is 4.71. The van der Waals surface area contributed by atoms with Gasteiger partial charge in [0.15, 0.2) is 0 Å². The Morgan fingerprint density at radius 2 is 2.24 bits per heavy atom. The summed E-state index contributed by atoms with van der Waals surface area (Å²) in [4.78, 5) is 36.2. The van der Waals surface area contributed by atoms with E-state index in [2.05, 4.69) is 5.32 Å². The molecular weight excluding hydrogens is 296 g/mol. The second kappa shape index (κ2) is 6.57. The molecule has 8 heteroatoms. The van der Waals surface area contributed by atoms with Gasteiger partial charge in [0.1, 0.15) is 5.00 Å². The van der Waals surface area contributed by atoms with E-state index in [0.717, 1.165) is 11.3 Å². The molecule has 1 atom stereocenters. The Labute approximate surface area is 125 Å². The molecule has 114 valence electrons. The van der Waals surface area contributed by atoms with Crippen molar-refractivity contribution >= 4 is 34.3 Å². The average Bonchev–Trinajstić information content (AvgIpc) is 2.94. The summed E-state index contributed by atoms with van der Waals surface area (Å²) < 4.78 is 4.70. The predicted molar refractivity (Wildman–Crippen MR) is 76.6 cm³/mol. The molecule has 7 nitrogen and oxygen atoms in total. The largest absolute Gasteiger partial charge is 0.478 e. The Morgan fingerprint density at radius 3 is 2.90 bits per heavy atom. The number of ether oxygens (including phenoxy) is 1. The molecule has 2 amide bonds. The molecule has 0 aromatic carbocycles. The van der Waals surface area contributed by atoms with E-state index in [9.17, 15) is 14.4 Å². The molecule has 0 radical (unpaired) electrons. The van der Waals surface area contributed by atoms with Crippen molar-refractivity contribution in [1.82, 2.24) is 4.90 Å². The number of likely N-dealkylation sites (tertiary alicyclic amines) is 1. The summed E-state index contributed by atoms with van der Waals surface area (Å²) >= 11 is 1.15. The Bertz CT molecular complexity index is 557. The van der Waals surface area contributed by atoms with Crippen LogP contribution < -0.4 is 5.32 Å². The first-order valence-electron chi connectivity index (χ1n) is 6.47. The molecule has 0 spiro atoms. The first-order valence-corrected chi connectivity index (χ1v) is 7.35. The number of esters is 1. The molecule has 0 bridgehead atoms. The first-order chi connectivity index (χ1) is 10.0. The summed E-state index contributed by atoms with van der Waals surface area (Å²) in [5.41, 5.74) is 0.0647. The van der Waals surface area contributed by atoms with E-state index < -0.39 is 12.0 Å². The minimum Gasteiger partial charge on any atom is -0.478 e. The molecule has 1 aliphatic heterocycles. The number of urea groups is 1. The number of carbonyl (C=O) groups excluding carboxylic acids is 2. The van der Waals surface area contributed by atoms with Crippen molar-refractivity contribution in [3.63, 3.8) is 0 Å². The molecule has 1 unspecified atom stereocenters. The number of nitrogens with zero attached hydrogens (tertiary/aromatic N) is 1. The molecule has 2 N–H and O–H groups in total. The van der Waals surface area contributed by atoms with Gasteiger partial charge in [-0.15, -0.1) is 11.3 Å². The molecule has 2 rings (SSSR count). The smallest absolute Gasteiger partial charge is 0.338 e. The lowest BCUT2D eigenvalue weighted by atomic mass is 9.98. The molecule has 1 aromatic rings. The highest BCUT2D eigenvalue weighted by Gasteiger charge is 2.29. The van der Waals surface area contributed by atoms with Crippen molar-refractivity contribution in [2.75, 3.05) is 25.5 Å². The number of carbonyl (C=O) groups is 3. The van der Waals surface area contributed by atoms with Gasteiger partial charge in [0.25, 0.3) is 0 Å². The number of nitrogens with one attached hydrogen (secondary N) is 1. The third kappa shape index (κ3) is 3.52. The maximum Gasteiger partial charge on any atom is 0.338 e. The summed E-state index contributed by atoms with van der Waals surface area (Å²) in [7, 11) is 1.33. The number of piperidine rings is 1. The zero-order valence-corrected chi connectivity index (χ0v) is 12.3. The number of thiophene rings is 1. The number of methoxy groups -OCH3 is 1. The Hall–Kier alpha value is -2.09. The van der Waals surface area contributed by atoms with Gasteiger partial charge < -0.3 is 14.7 Å². The quantitative estimate of drug-likeness (QED) is 0.831. The molecule has 1 saturated heterocycles. The van der Waals surface area contributed by atoms with Crippen LogP contribution in [0.2, 0.25) is 0 Å². The lowest BCUT2D eigenvalue weighted by Gasteiger charge is -2.31. The summed E-state index contributed by atoms with van der Waals surface area (Å²) in [6, 6.07) is 1.05. The SMILES string of the molecule is COC(=O)C1CCCN(C(=O)Nc2sccc2C(=O)O)C1. The summed E-state index contributed by atoms with van der Waals surface area (Å²) in [6.45, 7) is 0.819. The monoisotopic (exact) mass is 312 g/mol. The Balaban J connectivity index is 2.01. The van der Waals surface area contributed by atoms with E-state index in [1.807, 2.05) is 0 Å². The number of anilines is 1. The zero-order valence-electron chi connectivity index (χ0n) is 11.5. The third-order valence-corrected chi connectivity index (χ3v) is 4.19. The average molecular weight is 312 g/mol. The number of amides is 2. The second-order valence-corrected chi connectivity index (χ2v) is 5.62. The molecule has 0 saturated carbocycles. The standard InChI is InChI=1S/C13H16N2O5S/c1-20-12(18)8-3-2-5-15(7-8)13(19)14-10-9(11(16)17)4-6-21-10/h4,6,8H,2-3,5,7H2,1H3,(H,14,19)(H,16,17). The van der Waals surface area contributed by atoms with Crippen molar-refractivity contribution in [1.29, 1.82) is 0 Å². The van der Waals surface area contributed by atoms with E-state index in [-0.39, 0.29) is 24.0 Å². The van der Waals surface area contributed by atoms with Crippen LogP contribution in [-0.2, 0) is 9.53 Å². The minimum absolute atomic E-state index is 0.0647. The highest BCUT2D eigenvalue weighted by atomic mass is 32.1. The zero-order chi connectivity index (χ0) is 15.4. The van der Waals surface area contributed by atoms with Crippen molar-refractivity contribution in [2.45, 2.75) is 12.8 Å². The van der Waals surface area contributed by atoms with Crippen LogP contribution in [0.1, 0.15) is 23.2 Å². The number of hydrogen-bond acceptors (Lipinski definition) is 5. The van der Waals surface area contributed by atoms with E-state index in [4.69, 9.17) is 9.84 Å². The molecule has 0 aliphatic carbocycles. The van der Waals surface area contributed by atoms with E-state index in [1.165, 1.54) is 18.1 Å².